The van der Waals surface area contributed by atoms with Gasteiger partial charge < -0.3 is 4.74 Å². The van der Waals surface area contributed by atoms with Gasteiger partial charge in [0.15, 0.2) is 0 Å². The molecule has 1 rings (SSSR count). The molecular formula is C18H28O2. The molecule has 1 aromatic rings. The summed E-state index contributed by atoms with van der Waals surface area (Å²) >= 11 is 0. The number of esters is 1. The van der Waals surface area contributed by atoms with Gasteiger partial charge in [0.05, 0.1) is 12.2 Å². The highest BCUT2D eigenvalue weighted by Crippen LogP contribution is 2.17. The van der Waals surface area contributed by atoms with Crippen molar-refractivity contribution in [1.82, 2.24) is 0 Å². The molecule has 0 aliphatic carbocycles. The minimum absolute atomic E-state index is 0.173. The first-order chi connectivity index (χ1) is 9.56. The van der Waals surface area contributed by atoms with Crippen LogP contribution in [0.15, 0.2) is 12.1 Å². The molecule has 0 fully saturated rings. The van der Waals surface area contributed by atoms with Crippen LogP contribution in [0.2, 0.25) is 0 Å². The normalized spacial score (nSPS) is 10.6. The second-order valence-corrected chi connectivity index (χ2v) is 5.68. The molecule has 0 aliphatic heterocycles. The standard InChI is InChI=1S/C18H28O2/c1-5-6-7-8-9-10-11-20-18(19)17-15(3)12-14(2)13-16(17)4/h12-13H,5-11H2,1-4H3. The molecule has 0 unspecified atom stereocenters. The van der Waals surface area contributed by atoms with Gasteiger partial charge in [-0.3, -0.25) is 0 Å². The van der Waals surface area contributed by atoms with Gasteiger partial charge in [-0.25, -0.2) is 4.79 Å². The maximum absolute atomic E-state index is 12.1. The Balaban J connectivity index is 2.37. The maximum Gasteiger partial charge on any atom is 0.338 e. The SMILES string of the molecule is CCCCCCCCOC(=O)c1c(C)cc(C)cc1C. The second-order valence-electron chi connectivity index (χ2n) is 5.68. The van der Waals surface area contributed by atoms with Crippen molar-refractivity contribution in [1.29, 1.82) is 0 Å². The van der Waals surface area contributed by atoms with E-state index in [1.54, 1.807) is 0 Å². The van der Waals surface area contributed by atoms with Crippen molar-refractivity contribution >= 4 is 5.97 Å². The van der Waals surface area contributed by atoms with E-state index in [1.807, 2.05) is 32.9 Å². The third-order valence-electron chi connectivity index (χ3n) is 3.61. The largest absolute Gasteiger partial charge is 0.462 e. The molecule has 112 valence electrons. The maximum atomic E-state index is 12.1. The molecule has 20 heavy (non-hydrogen) atoms. The van der Waals surface area contributed by atoms with Crippen molar-refractivity contribution in [3.05, 3.63) is 34.4 Å². The Kier molecular flexibility index (Phi) is 7.35. The molecule has 0 aromatic heterocycles. The number of unbranched alkanes of at least 4 members (excludes halogenated alkanes) is 5. The first-order valence-electron chi connectivity index (χ1n) is 7.81. The summed E-state index contributed by atoms with van der Waals surface area (Å²) in [6, 6.07) is 4.07. The van der Waals surface area contributed by atoms with E-state index in [4.69, 9.17) is 4.74 Å². The number of hydrogen-bond acceptors (Lipinski definition) is 2. The van der Waals surface area contributed by atoms with Crippen LogP contribution in [0, 0.1) is 20.8 Å². The fourth-order valence-corrected chi connectivity index (χ4v) is 2.62. The van der Waals surface area contributed by atoms with Crippen LogP contribution in [-0.2, 0) is 4.74 Å². The van der Waals surface area contributed by atoms with Crippen molar-refractivity contribution in [2.45, 2.75) is 66.2 Å². The first-order valence-corrected chi connectivity index (χ1v) is 7.81. The number of carbonyl (C=O) groups excluding carboxylic acids is 1. The van der Waals surface area contributed by atoms with E-state index in [0.717, 1.165) is 29.5 Å². The average Bonchev–Trinajstić information content (AvgIpc) is 2.36. The van der Waals surface area contributed by atoms with Gasteiger partial charge in [-0.2, -0.15) is 0 Å². The summed E-state index contributed by atoms with van der Waals surface area (Å²) in [6.07, 6.45) is 7.23. The third-order valence-corrected chi connectivity index (χ3v) is 3.61. The Morgan fingerprint density at radius 3 is 2.10 bits per heavy atom. The Hall–Kier alpha value is -1.31. The summed E-state index contributed by atoms with van der Waals surface area (Å²) in [5.74, 6) is -0.173. The highest BCUT2D eigenvalue weighted by Gasteiger charge is 2.13. The van der Waals surface area contributed by atoms with Crippen LogP contribution < -0.4 is 0 Å². The van der Waals surface area contributed by atoms with Crippen LogP contribution in [0.25, 0.3) is 0 Å². The Morgan fingerprint density at radius 2 is 1.50 bits per heavy atom. The Morgan fingerprint density at radius 1 is 0.950 bits per heavy atom. The van der Waals surface area contributed by atoms with Gasteiger partial charge in [-0.1, -0.05) is 56.7 Å². The zero-order chi connectivity index (χ0) is 15.0. The van der Waals surface area contributed by atoms with E-state index in [-0.39, 0.29) is 5.97 Å². The molecule has 2 nitrogen and oxygen atoms in total. The van der Waals surface area contributed by atoms with Crippen molar-refractivity contribution in [3.63, 3.8) is 0 Å². The van der Waals surface area contributed by atoms with E-state index >= 15 is 0 Å². The van der Waals surface area contributed by atoms with Crippen LogP contribution in [-0.4, -0.2) is 12.6 Å². The summed E-state index contributed by atoms with van der Waals surface area (Å²) in [6.45, 7) is 8.75. The minimum atomic E-state index is -0.173. The highest BCUT2D eigenvalue weighted by molar-refractivity contribution is 5.92. The molecule has 0 radical (unpaired) electrons. The zero-order valence-corrected chi connectivity index (χ0v) is 13.4. The van der Waals surface area contributed by atoms with Crippen LogP contribution in [0.3, 0.4) is 0 Å². The van der Waals surface area contributed by atoms with Gasteiger partial charge in [-0.05, 0) is 38.3 Å². The van der Waals surface area contributed by atoms with E-state index < -0.39 is 0 Å². The summed E-state index contributed by atoms with van der Waals surface area (Å²) in [4.78, 5) is 12.1. The van der Waals surface area contributed by atoms with Gasteiger partial charge in [0.1, 0.15) is 0 Å². The quantitative estimate of drug-likeness (QED) is 0.486. The van der Waals surface area contributed by atoms with Crippen molar-refractivity contribution < 1.29 is 9.53 Å². The van der Waals surface area contributed by atoms with Gasteiger partial charge in [0.25, 0.3) is 0 Å². The number of carbonyl (C=O) groups is 1. The lowest BCUT2D eigenvalue weighted by atomic mass is 10.00. The topological polar surface area (TPSA) is 26.3 Å². The summed E-state index contributed by atoms with van der Waals surface area (Å²) in [7, 11) is 0. The molecule has 0 bridgehead atoms. The molecular weight excluding hydrogens is 248 g/mol. The van der Waals surface area contributed by atoms with E-state index in [2.05, 4.69) is 6.92 Å². The molecule has 0 saturated heterocycles. The molecule has 0 aliphatic rings. The molecule has 1 aromatic carbocycles. The second kappa shape index (κ2) is 8.78. The number of hydrogen-bond donors (Lipinski definition) is 0. The smallest absolute Gasteiger partial charge is 0.338 e. The average molecular weight is 276 g/mol. The van der Waals surface area contributed by atoms with Gasteiger partial charge >= 0.3 is 5.97 Å². The van der Waals surface area contributed by atoms with Crippen LogP contribution >= 0.6 is 0 Å². The van der Waals surface area contributed by atoms with Crippen LogP contribution in [0.4, 0.5) is 0 Å². The monoisotopic (exact) mass is 276 g/mol. The lowest BCUT2D eigenvalue weighted by Crippen LogP contribution is -2.10. The van der Waals surface area contributed by atoms with Crippen LogP contribution in [0.5, 0.6) is 0 Å². The van der Waals surface area contributed by atoms with Crippen LogP contribution in [0.1, 0.15) is 72.5 Å². The Bertz CT molecular complexity index is 412. The van der Waals surface area contributed by atoms with E-state index in [0.29, 0.717) is 6.61 Å². The zero-order valence-electron chi connectivity index (χ0n) is 13.4. The van der Waals surface area contributed by atoms with Gasteiger partial charge in [0, 0.05) is 0 Å². The lowest BCUT2D eigenvalue weighted by Gasteiger charge is -2.11. The summed E-state index contributed by atoms with van der Waals surface area (Å²) in [5.41, 5.74) is 3.94. The number of ether oxygens (including phenoxy) is 1. The highest BCUT2D eigenvalue weighted by atomic mass is 16.5. The molecule has 0 atom stereocenters. The molecule has 0 spiro atoms. The Labute approximate surface area is 123 Å². The number of benzene rings is 1. The molecule has 2 heteroatoms. The summed E-state index contributed by atoms with van der Waals surface area (Å²) in [5, 5.41) is 0. The van der Waals surface area contributed by atoms with E-state index in [1.165, 1.54) is 31.2 Å². The molecule has 0 saturated carbocycles. The van der Waals surface area contributed by atoms with Gasteiger partial charge in [0.2, 0.25) is 0 Å². The van der Waals surface area contributed by atoms with E-state index in [9.17, 15) is 4.79 Å². The van der Waals surface area contributed by atoms with Crippen molar-refractivity contribution in [2.24, 2.45) is 0 Å². The minimum Gasteiger partial charge on any atom is -0.462 e. The molecule has 0 N–H and O–H groups in total. The third kappa shape index (κ3) is 5.36. The number of rotatable bonds is 8. The lowest BCUT2D eigenvalue weighted by molar-refractivity contribution is 0.0496. The van der Waals surface area contributed by atoms with Crippen molar-refractivity contribution in [2.75, 3.05) is 6.61 Å². The number of aryl methyl sites for hydroxylation is 3. The van der Waals surface area contributed by atoms with Crippen molar-refractivity contribution in [3.8, 4) is 0 Å². The predicted molar refractivity (Wildman–Crippen MR) is 84.3 cm³/mol. The summed E-state index contributed by atoms with van der Waals surface area (Å²) < 4.78 is 5.40. The fourth-order valence-electron chi connectivity index (χ4n) is 2.62. The first kappa shape index (κ1) is 16.7. The molecule has 0 amide bonds. The fraction of sp³-hybridized carbons (Fsp3) is 0.611. The van der Waals surface area contributed by atoms with Gasteiger partial charge in [-0.15, -0.1) is 0 Å². The molecule has 0 heterocycles. The predicted octanol–water partition coefficient (Wildman–Crippen LogP) is 5.13.